The Bertz CT molecular complexity index is 768. The minimum Gasteiger partial charge on any atom is -0.487 e. The van der Waals surface area contributed by atoms with Crippen LogP contribution < -0.4 is 4.74 Å². The van der Waals surface area contributed by atoms with Crippen molar-refractivity contribution in [3.8, 4) is 5.75 Å². The van der Waals surface area contributed by atoms with Gasteiger partial charge in [0.25, 0.3) is 0 Å². The molecule has 4 atom stereocenters. The van der Waals surface area contributed by atoms with Gasteiger partial charge in [-0.1, -0.05) is 66.0 Å². The third kappa shape index (κ3) is 3.10. The number of benzene rings is 2. The molecule has 0 spiro atoms. The molecule has 0 amide bonds. The Kier molecular flexibility index (Phi) is 4.87. The van der Waals surface area contributed by atoms with Gasteiger partial charge in [-0.15, -0.1) is 0 Å². The average Bonchev–Trinajstić information content (AvgIpc) is 3.01. The second-order valence-electron chi connectivity index (χ2n) is 8.08. The number of hydrogen-bond acceptors (Lipinski definition) is 2. The van der Waals surface area contributed by atoms with Crippen molar-refractivity contribution in [2.24, 2.45) is 5.92 Å². The predicted octanol–water partition coefficient (Wildman–Crippen LogP) is 6.65. The number of fused-ring (bicyclic) bond motifs is 3. The first-order valence-electron chi connectivity index (χ1n) is 9.70. The second-order valence-corrected chi connectivity index (χ2v) is 9.00. The first kappa shape index (κ1) is 18.1. The maximum atomic E-state index is 6.74. The standard InChI is InChI=1S/C23H27BrO2/c1-4-5-9-19-20(15-11-13-16(24)14-12-15)21-22(25-19)17-8-6-7-10-18(17)26-23(21,2)3/h6-8,10-14,19-22H,4-5,9H2,1-3H3/t19-,20-,21-,22+/m1/s1. The number of halogens is 1. The van der Waals surface area contributed by atoms with Gasteiger partial charge in [0.2, 0.25) is 0 Å². The lowest BCUT2D eigenvalue weighted by Crippen LogP contribution is -2.45. The van der Waals surface area contributed by atoms with E-state index in [-0.39, 0.29) is 17.8 Å². The molecule has 138 valence electrons. The Morgan fingerprint density at radius 1 is 1.04 bits per heavy atom. The summed E-state index contributed by atoms with van der Waals surface area (Å²) in [6.07, 6.45) is 3.83. The van der Waals surface area contributed by atoms with Crippen LogP contribution in [0.3, 0.4) is 0 Å². The topological polar surface area (TPSA) is 18.5 Å². The zero-order chi connectivity index (χ0) is 18.3. The normalized spacial score (nSPS) is 28.9. The van der Waals surface area contributed by atoms with Crippen LogP contribution in [-0.4, -0.2) is 11.7 Å². The Morgan fingerprint density at radius 2 is 1.77 bits per heavy atom. The van der Waals surface area contributed by atoms with Crippen molar-refractivity contribution < 1.29 is 9.47 Å². The Morgan fingerprint density at radius 3 is 2.50 bits per heavy atom. The van der Waals surface area contributed by atoms with Crippen LogP contribution in [0.15, 0.2) is 53.0 Å². The molecule has 2 aliphatic heterocycles. The monoisotopic (exact) mass is 414 g/mol. The highest BCUT2D eigenvalue weighted by Gasteiger charge is 2.56. The number of para-hydroxylation sites is 1. The van der Waals surface area contributed by atoms with Crippen molar-refractivity contribution >= 4 is 15.9 Å². The summed E-state index contributed by atoms with van der Waals surface area (Å²) in [6, 6.07) is 17.2. The van der Waals surface area contributed by atoms with Crippen molar-refractivity contribution in [1.29, 1.82) is 0 Å². The van der Waals surface area contributed by atoms with Crippen LogP contribution in [0.1, 0.15) is 63.2 Å². The summed E-state index contributed by atoms with van der Waals surface area (Å²) < 4.78 is 14.3. The van der Waals surface area contributed by atoms with Crippen molar-refractivity contribution in [3.05, 3.63) is 64.1 Å². The van der Waals surface area contributed by atoms with Gasteiger partial charge in [0.05, 0.1) is 12.2 Å². The third-order valence-corrected chi connectivity index (χ3v) is 6.46. The smallest absolute Gasteiger partial charge is 0.125 e. The van der Waals surface area contributed by atoms with Gasteiger partial charge < -0.3 is 9.47 Å². The van der Waals surface area contributed by atoms with E-state index in [0.29, 0.717) is 11.8 Å². The lowest BCUT2D eigenvalue weighted by atomic mass is 9.70. The van der Waals surface area contributed by atoms with Gasteiger partial charge in [0.1, 0.15) is 11.4 Å². The van der Waals surface area contributed by atoms with Crippen molar-refractivity contribution in [1.82, 2.24) is 0 Å². The maximum absolute atomic E-state index is 6.74. The molecule has 0 N–H and O–H groups in total. The number of unbranched alkanes of at least 4 members (excludes halogenated alkanes) is 1. The molecule has 1 saturated heterocycles. The molecule has 1 fully saturated rings. The zero-order valence-electron chi connectivity index (χ0n) is 15.7. The fraction of sp³-hybridized carbons (Fsp3) is 0.478. The van der Waals surface area contributed by atoms with E-state index in [2.05, 4.69) is 79.2 Å². The van der Waals surface area contributed by atoms with E-state index >= 15 is 0 Å². The van der Waals surface area contributed by atoms with E-state index in [1.54, 1.807) is 0 Å². The summed E-state index contributed by atoms with van der Waals surface area (Å²) in [5.74, 6) is 1.63. The molecule has 2 heterocycles. The summed E-state index contributed by atoms with van der Waals surface area (Å²) in [4.78, 5) is 0. The summed E-state index contributed by atoms with van der Waals surface area (Å²) >= 11 is 3.57. The SMILES string of the molecule is CCCC[C@H]1O[C@H]2c3ccccc3OC(C)(C)[C@@H]2[C@@H]1c1ccc(Br)cc1. The minimum absolute atomic E-state index is 0.102. The Hall–Kier alpha value is -1.32. The first-order valence-corrected chi connectivity index (χ1v) is 10.5. The molecule has 2 aromatic rings. The molecular formula is C23H27BrO2. The van der Waals surface area contributed by atoms with Gasteiger partial charge in [-0.05, 0) is 44.0 Å². The molecule has 0 saturated carbocycles. The summed E-state index contributed by atoms with van der Waals surface area (Å²) in [5.41, 5.74) is 2.30. The molecule has 0 bridgehead atoms. The van der Waals surface area contributed by atoms with Crippen LogP contribution in [0.25, 0.3) is 0 Å². The predicted molar refractivity (Wildman–Crippen MR) is 109 cm³/mol. The number of ether oxygens (including phenoxy) is 2. The fourth-order valence-electron chi connectivity index (χ4n) is 4.76. The molecule has 0 radical (unpaired) electrons. The molecule has 0 unspecified atom stereocenters. The molecule has 2 nitrogen and oxygen atoms in total. The Balaban J connectivity index is 1.79. The van der Waals surface area contributed by atoms with E-state index in [4.69, 9.17) is 9.47 Å². The van der Waals surface area contributed by atoms with Gasteiger partial charge in [-0.25, -0.2) is 0 Å². The van der Waals surface area contributed by atoms with Gasteiger partial charge in [0.15, 0.2) is 0 Å². The maximum Gasteiger partial charge on any atom is 0.125 e. The van der Waals surface area contributed by atoms with E-state index in [9.17, 15) is 0 Å². The van der Waals surface area contributed by atoms with Crippen molar-refractivity contribution in [2.75, 3.05) is 0 Å². The highest BCUT2D eigenvalue weighted by molar-refractivity contribution is 9.10. The molecule has 2 aromatic carbocycles. The second kappa shape index (κ2) is 7.01. The van der Waals surface area contributed by atoms with Gasteiger partial charge >= 0.3 is 0 Å². The Labute approximate surface area is 165 Å². The molecule has 0 aromatic heterocycles. The van der Waals surface area contributed by atoms with Gasteiger partial charge in [-0.3, -0.25) is 0 Å². The molecule has 3 heteroatoms. The van der Waals surface area contributed by atoms with Crippen LogP contribution in [0.4, 0.5) is 0 Å². The third-order valence-electron chi connectivity index (χ3n) is 5.93. The van der Waals surface area contributed by atoms with E-state index in [1.165, 1.54) is 24.0 Å². The first-order chi connectivity index (χ1) is 12.5. The minimum atomic E-state index is -0.266. The zero-order valence-corrected chi connectivity index (χ0v) is 17.3. The van der Waals surface area contributed by atoms with E-state index in [1.807, 2.05) is 6.07 Å². The average molecular weight is 415 g/mol. The van der Waals surface area contributed by atoms with Crippen LogP contribution in [0.2, 0.25) is 0 Å². The number of rotatable bonds is 4. The molecule has 4 rings (SSSR count). The van der Waals surface area contributed by atoms with Gasteiger partial charge in [-0.2, -0.15) is 0 Å². The quantitative estimate of drug-likeness (QED) is 0.557. The van der Waals surface area contributed by atoms with Crippen LogP contribution in [0, 0.1) is 5.92 Å². The fourth-order valence-corrected chi connectivity index (χ4v) is 5.03. The highest BCUT2D eigenvalue weighted by atomic mass is 79.9. The lowest BCUT2D eigenvalue weighted by molar-refractivity contribution is -0.0434. The molecule has 2 aliphatic rings. The van der Waals surface area contributed by atoms with E-state index in [0.717, 1.165) is 16.6 Å². The van der Waals surface area contributed by atoms with Gasteiger partial charge in [0, 0.05) is 21.9 Å². The summed E-state index contributed by atoms with van der Waals surface area (Å²) in [5, 5.41) is 0. The molecule has 0 aliphatic carbocycles. The molecular weight excluding hydrogens is 388 g/mol. The molecule has 26 heavy (non-hydrogen) atoms. The van der Waals surface area contributed by atoms with Crippen molar-refractivity contribution in [2.45, 2.75) is 63.8 Å². The van der Waals surface area contributed by atoms with E-state index < -0.39 is 0 Å². The summed E-state index contributed by atoms with van der Waals surface area (Å²) in [7, 11) is 0. The highest BCUT2D eigenvalue weighted by Crippen LogP contribution is 2.58. The number of hydrogen-bond donors (Lipinski definition) is 0. The van der Waals surface area contributed by atoms with Crippen molar-refractivity contribution in [3.63, 3.8) is 0 Å². The largest absolute Gasteiger partial charge is 0.487 e. The van der Waals surface area contributed by atoms with Crippen LogP contribution in [-0.2, 0) is 4.74 Å². The lowest BCUT2D eigenvalue weighted by Gasteiger charge is -2.43. The summed E-state index contributed by atoms with van der Waals surface area (Å²) in [6.45, 7) is 6.69. The van der Waals surface area contributed by atoms with Crippen LogP contribution in [0.5, 0.6) is 5.75 Å². The van der Waals surface area contributed by atoms with Crippen LogP contribution >= 0.6 is 15.9 Å².